The molecule has 2 fully saturated rings. The molecule has 1 aromatic rings. The molecule has 1 N–H and O–H groups in total. The number of benzene rings is 1. The van der Waals surface area contributed by atoms with Crippen molar-refractivity contribution in [3.8, 4) is 0 Å². The molecule has 0 unspecified atom stereocenters. The smallest absolute Gasteiger partial charge is 0.308 e. The number of aliphatic hydroxyl groups is 1. The van der Waals surface area contributed by atoms with Gasteiger partial charge in [-0.25, -0.2) is 8.42 Å². The molecule has 0 bridgehead atoms. The summed E-state index contributed by atoms with van der Waals surface area (Å²) < 4.78 is 44.2. The van der Waals surface area contributed by atoms with Crippen LogP contribution in [0.15, 0.2) is 29.2 Å². The van der Waals surface area contributed by atoms with Crippen LogP contribution in [0, 0.1) is 10.1 Å². The normalized spacial score (nSPS) is 27.7. The number of aliphatic hydroxyl groups excluding tert-OH is 1. The van der Waals surface area contributed by atoms with Gasteiger partial charge in [-0.15, -0.1) is 0 Å². The summed E-state index contributed by atoms with van der Waals surface area (Å²) >= 11 is 0. The molecule has 12 heteroatoms. The Bertz CT molecular complexity index is 891. The molecule has 11 nitrogen and oxygen atoms in total. The lowest BCUT2D eigenvalue weighted by Gasteiger charge is -2.39. The van der Waals surface area contributed by atoms with Gasteiger partial charge in [0.05, 0.1) is 56.0 Å². The summed E-state index contributed by atoms with van der Waals surface area (Å²) in [5.41, 5.74) is -0.528. The van der Waals surface area contributed by atoms with Crippen LogP contribution in [0.3, 0.4) is 0 Å². The third-order valence-electron chi connectivity index (χ3n) is 5.30. The van der Waals surface area contributed by atoms with E-state index in [1.54, 1.807) is 0 Å². The number of esters is 1. The summed E-state index contributed by atoms with van der Waals surface area (Å²) in [4.78, 5) is 21.8. The number of hydrogen-bond acceptors (Lipinski definition) is 9. The minimum absolute atomic E-state index is 0.0243. The maximum atomic E-state index is 13.4. The number of rotatable bonds is 6. The Morgan fingerprint density at radius 3 is 2.73 bits per heavy atom. The van der Waals surface area contributed by atoms with E-state index in [0.717, 1.165) is 10.4 Å². The molecule has 0 aromatic heterocycles. The highest BCUT2D eigenvalue weighted by Crippen LogP contribution is 2.34. The highest BCUT2D eigenvalue weighted by molar-refractivity contribution is 7.89. The molecule has 0 saturated carbocycles. The highest BCUT2D eigenvalue weighted by atomic mass is 32.2. The summed E-state index contributed by atoms with van der Waals surface area (Å²) in [6.45, 7) is -0.568. The van der Waals surface area contributed by atoms with Gasteiger partial charge in [-0.3, -0.25) is 14.9 Å². The van der Waals surface area contributed by atoms with Gasteiger partial charge in [0.15, 0.2) is 4.90 Å². The molecule has 0 amide bonds. The van der Waals surface area contributed by atoms with Crippen molar-refractivity contribution in [3.63, 3.8) is 0 Å². The van der Waals surface area contributed by atoms with E-state index >= 15 is 0 Å². The van der Waals surface area contributed by atoms with E-state index < -0.39 is 62.5 Å². The fourth-order valence-corrected chi connectivity index (χ4v) is 5.68. The summed E-state index contributed by atoms with van der Waals surface area (Å²) in [5, 5.41) is 21.0. The van der Waals surface area contributed by atoms with Crippen molar-refractivity contribution >= 4 is 21.7 Å². The molecular weight excluding hydrogens is 420 g/mol. The average molecular weight is 444 g/mol. The SMILES string of the molecule is COC(=O)C[C@@H]1CC[C@H]2[C@@H](CO[C@@H](CO)CN2S(=O)(=O)c2ccccc2[N+](=O)[O-])O1. The van der Waals surface area contributed by atoms with E-state index in [2.05, 4.69) is 4.74 Å². The van der Waals surface area contributed by atoms with Crippen LogP contribution in [0.25, 0.3) is 0 Å². The van der Waals surface area contributed by atoms with Crippen molar-refractivity contribution in [1.82, 2.24) is 4.31 Å². The molecule has 0 aliphatic carbocycles. The van der Waals surface area contributed by atoms with Gasteiger partial charge in [-0.2, -0.15) is 4.31 Å². The lowest BCUT2D eigenvalue weighted by molar-refractivity contribution is -0.387. The van der Waals surface area contributed by atoms with E-state index in [1.165, 1.54) is 25.3 Å². The number of ether oxygens (including phenoxy) is 3. The van der Waals surface area contributed by atoms with Crippen LogP contribution in [0.5, 0.6) is 0 Å². The van der Waals surface area contributed by atoms with Crippen molar-refractivity contribution in [2.24, 2.45) is 0 Å². The quantitative estimate of drug-likeness (QED) is 0.375. The van der Waals surface area contributed by atoms with Crippen molar-refractivity contribution in [1.29, 1.82) is 0 Å². The fraction of sp³-hybridized carbons (Fsp3) is 0.611. The average Bonchev–Trinajstić information content (AvgIpc) is 2.93. The standard InChI is InChI=1S/C18H24N2O9S/c1-27-18(22)8-12-6-7-14-16(29-12)11-28-13(10-21)9-19(14)30(25,26)17-5-3-2-4-15(17)20(23)24/h2-5,12-14,16,21H,6-11H2,1H3/t12-,13+,14-,16+/m0/s1. The highest BCUT2D eigenvalue weighted by Gasteiger charge is 2.45. The zero-order valence-corrected chi connectivity index (χ0v) is 17.2. The summed E-state index contributed by atoms with van der Waals surface area (Å²) in [6.07, 6.45) is -1.15. The number of methoxy groups -OCH3 is 1. The molecule has 1 aromatic carbocycles. The third kappa shape index (κ3) is 4.62. The van der Waals surface area contributed by atoms with E-state index in [0.29, 0.717) is 12.8 Å². The second-order valence-corrected chi connectivity index (χ2v) is 9.02. The minimum Gasteiger partial charge on any atom is -0.469 e. The first-order valence-electron chi connectivity index (χ1n) is 9.48. The van der Waals surface area contributed by atoms with Gasteiger partial charge in [0.25, 0.3) is 5.69 Å². The zero-order valence-electron chi connectivity index (χ0n) is 16.4. The van der Waals surface area contributed by atoms with E-state index in [4.69, 9.17) is 9.47 Å². The monoisotopic (exact) mass is 444 g/mol. The maximum Gasteiger partial charge on any atom is 0.308 e. The Morgan fingerprint density at radius 2 is 2.07 bits per heavy atom. The number of nitro groups is 1. The molecule has 0 radical (unpaired) electrons. The van der Waals surface area contributed by atoms with Crippen LogP contribution in [0.4, 0.5) is 5.69 Å². The van der Waals surface area contributed by atoms with Gasteiger partial charge in [-0.05, 0) is 18.9 Å². The van der Waals surface area contributed by atoms with Crippen molar-refractivity contribution in [2.75, 3.05) is 26.9 Å². The first-order chi connectivity index (χ1) is 14.3. The number of nitrogens with zero attached hydrogens (tertiary/aromatic N) is 2. The second kappa shape index (κ2) is 9.35. The molecular formula is C18H24N2O9S. The van der Waals surface area contributed by atoms with Gasteiger partial charge in [0.2, 0.25) is 10.0 Å². The van der Waals surface area contributed by atoms with Crippen LogP contribution in [0.1, 0.15) is 19.3 Å². The van der Waals surface area contributed by atoms with Crippen molar-refractivity contribution in [3.05, 3.63) is 34.4 Å². The van der Waals surface area contributed by atoms with Crippen molar-refractivity contribution in [2.45, 2.75) is 48.5 Å². The lowest BCUT2D eigenvalue weighted by Crippen LogP contribution is -2.52. The van der Waals surface area contributed by atoms with Gasteiger partial charge >= 0.3 is 5.97 Å². The molecule has 2 heterocycles. The minimum atomic E-state index is -4.29. The molecule has 0 spiro atoms. The van der Waals surface area contributed by atoms with Crippen LogP contribution in [-0.2, 0) is 29.0 Å². The molecule has 4 atom stereocenters. The molecule has 2 aliphatic heterocycles. The zero-order chi connectivity index (χ0) is 21.9. The molecule has 2 saturated heterocycles. The topological polar surface area (TPSA) is 146 Å². The second-order valence-electron chi connectivity index (χ2n) is 7.16. The third-order valence-corrected chi connectivity index (χ3v) is 7.24. The number of sulfonamides is 1. The van der Waals surface area contributed by atoms with Gasteiger partial charge < -0.3 is 19.3 Å². The number of hydrogen-bond donors (Lipinski definition) is 1. The van der Waals surface area contributed by atoms with Gasteiger partial charge in [-0.1, -0.05) is 12.1 Å². The first kappa shape index (κ1) is 22.6. The van der Waals surface area contributed by atoms with Crippen LogP contribution >= 0.6 is 0 Å². The van der Waals surface area contributed by atoms with Crippen LogP contribution in [0.2, 0.25) is 0 Å². The molecule has 3 rings (SSSR count). The Labute approximate surface area is 173 Å². The van der Waals surface area contributed by atoms with E-state index in [9.17, 15) is 28.4 Å². The molecule has 30 heavy (non-hydrogen) atoms. The number of carbonyl (C=O) groups excluding carboxylic acids is 1. The predicted octanol–water partition coefficient (Wildman–Crippen LogP) is 0.456. The van der Waals surface area contributed by atoms with Crippen LogP contribution < -0.4 is 0 Å². The Hall–Kier alpha value is -2.12. The van der Waals surface area contributed by atoms with Gasteiger partial charge in [0, 0.05) is 12.6 Å². The summed E-state index contributed by atoms with van der Waals surface area (Å²) in [7, 11) is -3.02. The first-order valence-corrected chi connectivity index (χ1v) is 10.9. The Morgan fingerprint density at radius 1 is 1.33 bits per heavy atom. The Kier molecular flexibility index (Phi) is 7.03. The molecule has 2 aliphatic rings. The number of carbonyl (C=O) groups is 1. The summed E-state index contributed by atoms with van der Waals surface area (Å²) in [5.74, 6) is -0.439. The van der Waals surface area contributed by atoms with Crippen LogP contribution in [-0.4, -0.2) is 79.9 Å². The number of nitro benzene ring substituents is 1. The lowest BCUT2D eigenvalue weighted by atomic mass is 9.97. The largest absolute Gasteiger partial charge is 0.469 e. The fourth-order valence-electron chi connectivity index (χ4n) is 3.81. The van der Waals surface area contributed by atoms with Crippen molar-refractivity contribution < 1.29 is 37.5 Å². The number of fused-ring (bicyclic) bond motifs is 1. The predicted molar refractivity (Wildman–Crippen MR) is 102 cm³/mol. The van der Waals surface area contributed by atoms with Gasteiger partial charge in [0.1, 0.15) is 0 Å². The number of para-hydroxylation sites is 1. The van der Waals surface area contributed by atoms with E-state index in [-0.39, 0.29) is 19.6 Å². The Balaban J connectivity index is 1.94. The van der Waals surface area contributed by atoms with E-state index in [1.807, 2.05) is 0 Å². The maximum absolute atomic E-state index is 13.4. The molecule has 166 valence electrons. The summed E-state index contributed by atoms with van der Waals surface area (Å²) in [6, 6.07) is 4.47.